The van der Waals surface area contributed by atoms with Gasteiger partial charge in [-0.05, 0) is 24.5 Å². The van der Waals surface area contributed by atoms with E-state index >= 15 is 0 Å². The molecule has 7 nitrogen and oxygen atoms in total. The Morgan fingerprint density at radius 1 is 1.30 bits per heavy atom. The summed E-state index contributed by atoms with van der Waals surface area (Å²) in [5.41, 5.74) is 3.09. The van der Waals surface area contributed by atoms with Crippen molar-refractivity contribution < 1.29 is 4.79 Å². The Balaban J connectivity index is 1.39. The molecule has 1 aromatic carbocycles. The van der Waals surface area contributed by atoms with Gasteiger partial charge in [-0.25, -0.2) is 9.97 Å². The zero-order chi connectivity index (χ0) is 20.8. The maximum Gasteiger partial charge on any atom is 0.223 e. The van der Waals surface area contributed by atoms with Gasteiger partial charge >= 0.3 is 0 Å². The van der Waals surface area contributed by atoms with Crippen LogP contribution in [0, 0.1) is 11.3 Å². The van der Waals surface area contributed by atoms with Crippen molar-refractivity contribution in [2.45, 2.75) is 19.3 Å². The van der Waals surface area contributed by atoms with Gasteiger partial charge in [0.15, 0.2) is 0 Å². The zero-order valence-corrected chi connectivity index (χ0v) is 17.3. The molecule has 0 radical (unpaired) electrons. The highest BCUT2D eigenvalue weighted by atomic mass is 32.2. The highest BCUT2D eigenvalue weighted by Gasteiger charge is 2.20. The van der Waals surface area contributed by atoms with Gasteiger partial charge < -0.3 is 15.5 Å². The number of hydrogen-bond acceptors (Lipinski definition) is 7. The summed E-state index contributed by atoms with van der Waals surface area (Å²) in [4.78, 5) is 22.3. The maximum absolute atomic E-state index is 11.7. The lowest BCUT2D eigenvalue weighted by atomic mass is 10.1. The second-order valence-electron chi connectivity index (χ2n) is 6.99. The Labute approximate surface area is 179 Å². The van der Waals surface area contributed by atoms with Crippen molar-refractivity contribution in [1.29, 1.82) is 5.26 Å². The fourth-order valence-corrected chi connectivity index (χ4v) is 4.26. The van der Waals surface area contributed by atoms with Gasteiger partial charge in [0.25, 0.3) is 0 Å². The van der Waals surface area contributed by atoms with E-state index in [1.807, 2.05) is 40.6 Å². The number of nitriles is 1. The van der Waals surface area contributed by atoms with E-state index in [9.17, 15) is 10.1 Å². The Hall–Kier alpha value is -3.31. The Morgan fingerprint density at radius 2 is 2.17 bits per heavy atom. The van der Waals surface area contributed by atoms with Crippen LogP contribution in [0.2, 0.25) is 0 Å². The number of rotatable bonds is 7. The minimum atomic E-state index is 0.239. The predicted molar refractivity (Wildman–Crippen MR) is 119 cm³/mol. The smallest absolute Gasteiger partial charge is 0.223 e. The topological polar surface area (TPSA) is 93.9 Å². The number of nitrogens with zero attached hydrogens (tertiary/aromatic N) is 4. The number of nitrogens with one attached hydrogen (secondary N) is 2. The summed E-state index contributed by atoms with van der Waals surface area (Å²) >= 11 is 1.48. The average Bonchev–Trinajstić information content (AvgIpc) is 3.42. The maximum atomic E-state index is 11.7. The van der Waals surface area contributed by atoms with Crippen LogP contribution < -0.4 is 10.6 Å². The molecule has 3 heterocycles. The summed E-state index contributed by atoms with van der Waals surface area (Å²) in [6.45, 7) is 2.26. The van der Waals surface area contributed by atoms with Gasteiger partial charge in [-0.1, -0.05) is 42.1 Å². The molecule has 4 rings (SSSR count). The summed E-state index contributed by atoms with van der Waals surface area (Å²) in [7, 11) is 0. The predicted octanol–water partition coefficient (Wildman–Crippen LogP) is 3.43. The molecule has 0 atom stereocenters. The molecule has 0 unspecified atom stereocenters. The van der Waals surface area contributed by atoms with Gasteiger partial charge in [0.2, 0.25) is 11.9 Å². The minimum Gasteiger partial charge on any atom is -0.354 e. The number of likely N-dealkylation sites (tertiary alicyclic amines) is 1. The van der Waals surface area contributed by atoms with Gasteiger partial charge in [-0.15, -0.1) is 0 Å². The molecule has 1 fully saturated rings. The number of allylic oxidation sites excluding steroid dienone is 1. The summed E-state index contributed by atoms with van der Waals surface area (Å²) in [6, 6.07) is 14.0. The number of benzene rings is 1. The van der Waals surface area contributed by atoms with Crippen LogP contribution in [0.4, 0.5) is 5.95 Å². The number of carbonyl (C=O) groups is 1. The molecule has 2 aliphatic heterocycles. The fourth-order valence-electron chi connectivity index (χ4n) is 3.40. The zero-order valence-electron chi connectivity index (χ0n) is 16.5. The molecule has 1 aromatic heterocycles. The van der Waals surface area contributed by atoms with Gasteiger partial charge in [-0.2, -0.15) is 5.26 Å². The van der Waals surface area contributed by atoms with Crippen LogP contribution in [0.5, 0.6) is 0 Å². The minimum absolute atomic E-state index is 0.239. The summed E-state index contributed by atoms with van der Waals surface area (Å²) in [5.74, 6) is 0.719. The Kier molecular flexibility index (Phi) is 6.30. The summed E-state index contributed by atoms with van der Waals surface area (Å²) < 4.78 is 0. The van der Waals surface area contributed by atoms with Gasteiger partial charge in [0.05, 0.1) is 16.4 Å². The number of thioether (sulfide) groups is 1. The monoisotopic (exact) mass is 418 g/mol. The standard InChI is InChI=1S/C22H22N6OS/c23-14-17(21-26-19(15-30-21)16-6-2-1-3-7-16)18-9-11-25-22(27-18)24-10-5-13-28-12-4-8-20(28)29/h1-3,6-7,9,11,15,26H,4-5,8,10,12-13H2,(H,24,25,27)/b21-17-. The first kappa shape index (κ1) is 20.0. The van der Waals surface area contributed by atoms with Crippen LogP contribution in [0.15, 0.2) is 53.0 Å². The van der Waals surface area contributed by atoms with Crippen molar-refractivity contribution in [2.24, 2.45) is 0 Å². The van der Waals surface area contributed by atoms with E-state index < -0.39 is 0 Å². The third-order valence-electron chi connectivity index (χ3n) is 4.94. The first-order chi connectivity index (χ1) is 14.7. The van der Waals surface area contributed by atoms with Gasteiger partial charge in [0, 0.05) is 37.7 Å². The molecule has 0 spiro atoms. The highest BCUT2D eigenvalue weighted by Crippen LogP contribution is 2.34. The average molecular weight is 419 g/mol. The summed E-state index contributed by atoms with van der Waals surface area (Å²) in [6.07, 6.45) is 4.10. The normalized spacial score (nSPS) is 17.4. The van der Waals surface area contributed by atoms with Crippen molar-refractivity contribution >= 4 is 34.9 Å². The lowest BCUT2D eigenvalue weighted by molar-refractivity contribution is -0.127. The second-order valence-corrected chi connectivity index (χ2v) is 7.87. The van der Waals surface area contributed by atoms with E-state index in [4.69, 9.17) is 0 Å². The van der Waals surface area contributed by atoms with E-state index in [0.717, 1.165) is 42.2 Å². The second kappa shape index (κ2) is 9.46. The molecule has 8 heteroatoms. The fraction of sp³-hybridized carbons (Fsp3) is 0.273. The molecule has 30 heavy (non-hydrogen) atoms. The molecule has 2 aromatic rings. The van der Waals surface area contributed by atoms with E-state index in [1.54, 1.807) is 12.3 Å². The van der Waals surface area contributed by atoms with Gasteiger partial charge in [0.1, 0.15) is 11.6 Å². The molecule has 0 bridgehead atoms. The van der Waals surface area contributed by atoms with Crippen molar-refractivity contribution in [2.75, 3.05) is 25.0 Å². The van der Waals surface area contributed by atoms with Crippen molar-refractivity contribution in [1.82, 2.24) is 20.2 Å². The third kappa shape index (κ3) is 4.63. The summed E-state index contributed by atoms with van der Waals surface area (Å²) in [5, 5.41) is 19.0. The van der Waals surface area contributed by atoms with E-state index in [-0.39, 0.29) is 5.91 Å². The number of carbonyl (C=O) groups excluding carboxylic acids is 1. The van der Waals surface area contributed by atoms with Crippen LogP contribution >= 0.6 is 11.8 Å². The van der Waals surface area contributed by atoms with Gasteiger partial charge in [-0.3, -0.25) is 4.79 Å². The Morgan fingerprint density at radius 3 is 2.93 bits per heavy atom. The van der Waals surface area contributed by atoms with Crippen molar-refractivity contribution in [3.63, 3.8) is 0 Å². The van der Waals surface area contributed by atoms with Crippen LogP contribution in [-0.4, -0.2) is 40.4 Å². The van der Waals surface area contributed by atoms with Crippen LogP contribution in [0.1, 0.15) is 30.5 Å². The highest BCUT2D eigenvalue weighted by molar-refractivity contribution is 8.06. The van der Waals surface area contributed by atoms with Crippen LogP contribution in [0.25, 0.3) is 11.3 Å². The van der Waals surface area contributed by atoms with Crippen molar-refractivity contribution in [3.8, 4) is 6.07 Å². The largest absolute Gasteiger partial charge is 0.354 e. The molecule has 0 aliphatic carbocycles. The molecular formula is C22H22N6OS. The number of anilines is 1. The SMILES string of the molecule is N#C/C(=C1\NC(c2ccccc2)=CS1)c1ccnc(NCCCN2CCCC2=O)n1. The lowest BCUT2D eigenvalue weighted by Gasteiger charge is -2.15. The molecule has 1 amide bonds. The molecule has 152 valence electrons. The first-order valence-electron chi connectivity index (χ1n) is 9.93. The van der Waals surface area contributed by atoms with E-state index in [0.29, 0.717) is 30.2 Å². The quantitative estimate of drug-likeness (QED) is 0.525. The van der Waals surface area contributed by atoms with E-state index in [2.05, 4.69) is 26.7 Å². The third-order valence-corrected chi connectivity index (χ3v) is 5.83. The van der Waals surface area contributed by atoms with Crippen LogP contribution in [0.3, 0.4) is 0 Å². The number of hydrogen-bond donors (Lipinski definition) is 2. The molecule has 2 N–H and O–H groups in total. The van der Waals surface area contributed by atoms with Crippen molar-refractivity contribution in [3.05, 3.63) is 64.3 Å². The molecular weight excluding hydrogens is 396 g/mol. The number of aromatic nitrogens is 2. The lowest BCUT2D eigenvalue weighted by Crippen LogP contribution is -2.27. The van der Waals surface area contributed by atoms with Crippen LogP contribution in [-0.2, 0) is 4.79 Å². The first-order valence-corrected chi connectivity index (χ1v) is 10.8. The van der Waals surface area contributed by atoms with E-state index in [1.165, 1.54) is 11.8 Å². The number of amides is 1. The Bertz CT molecular complexity index is 1030. The molecule has 2 aliphatic rings. The molecule has 1 saturated heterocycles. The molecule has 0 saturated carbocycles.